The van der Waals surface area contributed by atoms with Gasteiger partial charge in [-0.3, -0.25) is 14.4 Å². The number of rotatable bonds is 6. The van der Waals surface area contributed by atoms with Crippen LogP contribution in [0.3, 0.4) is 0 Å². The number of hydrogen-bond donors (Lipinski definition) is 1. The average molecular weight is 226 g/mol. The third-order valence-electron chi connectivity index (χ3n) is 3.15. The molecule has 0 aromatic heterocycles. The van der Waals surface area contributed by atoms with Crippen molar-refractivity contribution in [1.82, 2.24) is 0 Å². The van der Waals surface area contributed by atoms with E-state index in [0.717, 1.165) is 12.8 Å². The second kappa shape index (κ2) is 5.77. The van der Waals surface area contributed by atoms with Crippen molar-refractivity contribution in [1.29, 1.82) is 0 Å². The molecule has 1 saturated carbocycles. The second-order valence-corrected chi connectivity index (χ2v) is 4.41. The molecule has 4 nitrogen and oxygen atoms in total. The van der Waals surface area contributed by atoms with E-state index in [4.69, 9.17) is 5.11 Å². The van der Waals surface area contributed by atoms with Gasteiger partial charge in [-0.25, -0.2) is 0 Å². The van der Waals surface area contributed by atoms with Crippen LogP contribution in [0.4, 0.5) is 0 Å². The van der Waals surface area contributed by atoms with E-state index in [1.54, 1.807) is 0 Å². The zero-order valence-corrected chi connectivity index (χ0v) is 9.57. The van der Waals surface area contributed by atoms with Crippen molar-refractivity contribution in [3.05, 3.63) is 0 Å². The highest BCUT2D eigenvalue weighted by Crippen LogP contribution is 2.31. The largest absolute Gasteiger partial charge is 0.481 e. The fraction of sp³-hybridized carbons (Fsp3) is 0.750. The zero-order valence-electron chi connectivity index (χ0n) is 9.57. The lowest BCUT2D eigenvalue weighted by Crippen LogP contribution is -2.27. The van der Waals surface area contributed by atoms with Crippen LogP contribution in [0.15, 0.2) is 0 Å². The highest BCUT2D eigenvalue weighted by Gasteiger charge is 2.39. The Kier molecular flexibility index (Phi) is 4.65. The van der Waals surface area contributed by atoms with Gasteiger partial charge < -0.3 is 5.11 Å². The smallest absolute Gasteiger partial charge is 0.303 e. The molecule has 0 aromatic rings. The van der Waals surface area contributed by atoms with Crippen molar-refractivity contribution < 1.29 is 19.5 Å². The van der Waals surface area contributed by atoms with Crippen molar-refractivity contribution in [2.24, 2.45) is 11.8 Å². The third-order valence-corrected chi connectivity index (χ3v) is 3.15. The summed E-state index contributed by atoms with van der Waals surface area (Å²) in [6, 6.07) is 0. The van der Waals surface area contributed by atoms with Crippen molar-refractivity contribution in [2.45, 2.75) is 45.4 Å². The van der Waals surface area contributed by atoms with Crippen molar-refractivity contribution in [3.63, 3.8) is 0 Å². The van der Waals surface area contributed by atoms with Gasteiger partial charge in [-0.2, -0.15) is 0 Å². The minimum Gasteiger partial charge on any atom is -0.481 e. The topological polar surface area (TPSA) is 71.4 Å². The predicted molar refractivity (Wildman–Crippen MR) is 58.0 cm³/mol. The molecule has 0 bridgehead atoms. The molecular weight excluding hydrogens is 208 g/mol. The molecule has 0 saturated heterocycles. The molecule has 4 heteroatoms. The molecule has 0 aliphatic heterocycles. The van der Waals surface area contributed by atoms with Crippen molar-refractivity contribution >= 4 is 17.5 Å². The van der Waals surface area contributed by atoms with E-state index in [1.807, 2.05) is 6.92 Å². The summed E-state index contributed by atoms with van der Waals surface area (Å²) in [5.41, 5.74) is 0. The molecule has 0 amide bonds. The Bertz CT molecular complexity index is 279. The van der Waals surface area contributed by atoms with E-state index in [0.29, 0.717) is 19.3 Å². The van der Waals surface area contributed by atoms with Crippen LogP contribution in [0.25, 0.3) is 0 Å². The van der Waals surface area contributed by atoms with Crippen LogP contribution in [-0.2, 0) is 14.4 Å². The molecule has 1 rings (SSSR count). The molecule has 0 spiro atoms. The molecule has 0 radical (unpaired) electrons. The fourth-order valence-electron chi connectivity index (χ4n) is 2.34. The van der Waals surface area contributed by atoms with Crippen LogP contribution in [0.5, 0.6) is 0 Å². The summed E-state index contributed by atoms with van der Waals surface area (Å²) in [5, 5.41) is 8.79. The van der Waals surface area contributed by atoms with Gasteiger partial charge in [0.1, 0.15) is 11.6 Å². The molecule has 1 aliphatic rings. The average Bonchev–Trinajstić information content (AvgIpc) is 2.53. The molecule has 1 unspecified atom stereocenters. The lowest BCUT2D eigenvalue weighted by Gasteiger charge is -2.19. The molecule has 0 heterocycles. The van der Waals surface area contributed by atoms with Gasteiger partial charge in [-0.15, -0.1) is 0 Å². The van der Waals surface area contributed by atoms with E-state index in [-0.39, 0.29) is 23.9 Å². The molecule has 1 atom stereocenters. The molecule has 1 aliphatic carbocycles. The molecule has 1 fully saturated rings. The van der Waals surface area contributed by atoms with Crippen LogP contribution < -0.4 is 0 Å². The minimum atomic E-state index is -0.923. The first-order chi connectivity index (χ1) is 7.56. The Morgan fingerprint density at radius 2 is 1.94 bits per heavy atom. The van der Waals surface area contributed by atoms with E-state index in [2.05, 4.69) is 0 Å². The third kappa shape index (κ3) is 3.15. The Hall–Kier alpha value is -1.19. The maximum Gasteiger partial charge on any atom is 0.303 e. The van der Waals surface area contributed by atoms with Gasteiger partial charge in [0.05, 0.1) is 5.92 Å². The number of Topliss-reactive ketones (excluding diaryl/α,β-unsaturated/α-hetero) is 2. The Labute approximate surface area is 95.0 Å². The Balaban J connectivity index is 2.69. The van der Waals surface area contributed by atoms with E-state index in [1.165, 1.54) is 0 Å². The van der Waals surface area contributed by atoms with Gasteiger partial charge in [0.2, 0.25) is 0 Å². The maximum atomic E-state index is 11.6. The minimum absolute atomic E-state index is 0.0626. The van der Waals surface area contributed by atoms with Gasteiger partial charge in [0, 0.05) is 19.3 Å². The quantitative estimate of drug-likeness (QED) is 0.701. The van der Waals surface area contributed by atoms with E-state index in [9.17, 15) is 14.4 Å². The number of carboxylic acids is 1. The number of carboxylic acid groups (broad SMARTS) is 1. The van der Waals surface area contributed by atoms with Crippen molar-refractivity contribution in [3.8, 4) is 0 Å². The van der Waals surface area contributed by atoms with Gasteiger partial charge in [-0.1, -0.05) is 19.8 Å². The predicted octanol–water partition coefficient (Wildman–Crippen LogP) is 1.82. The summed E-state index contributed by atoms with van der Waals surface area (Å²) in [7, 11) is 0. The fourth-order valence-corrected chi connectivity index (χ4v) is 2.34. The summed E-state index contributed by atoms with van der Waals surface area (Å²) in [5.74, 6) is -1.98. The number of carbonyl (C=O) groups excluding carboxylic acids is 2. The van der Waals surface area contributed by atoms with Gasteiger partial charge in [0.25, 0.3) is 0 Å². The molecule has 90 valence electrons. The van der Waals surface area contributed by atoms with Crippen LogP contribution in [0, 0.1) is 11.8 Å². The zero-order chi connectivity index (χ0) is 12.1. The highest BCUT2D eigenvalue weighted by atomic mass is 16.4. The molecule has 16 heavy (non-hydrogen) atoms. The second-order valence-electron chi connectivity index (χ2n) is 4.41. The lowest BCUT2D eigenvalue weighted by atomic mass is 9.83. The summed E-state index contributed by atoms with van der Waals surface area (Å²) < 4.78 is 0. The summed E-state index contributed by atoms with van der Waals surface area (Å²) in [4.78, 5) is 33.8. The van der Waals surface area contributed by atoms with Gasteiger partial charge in [0.15, 0.2) is 0 Å². The molecular formula is C12H18O4. The maximum absolute atomic E-state index is 11.6. The first-order valence-corrected chi connectivity index (χ1v) is 5.83. The number of ketones is 2. The van der Waals surface area contributed by atoms with E-state index < -0.39 is 11.9 Å². The number of unbranched alkanes of at least 4 members (excludes halogenated alkanes) is 1. The van der Waals surface area contributed by atoms with Crippen LogP contribution in [0.1, 0.15) is 45.4 Å². The summed E-state index contributed by atoms with van der Waals surface area (Å²) >= 11 is 0. The van der Waals surface area contributed by atoms with Crippen LogP contribution in [-0.4, -0.2) is 22.6 Å². The van der Waals surface area contributed by atoms with Gasteiger partial charge in [-0.05, 0) is 12.3 Å². The van der Waals surface area contributed by atoms with Crippen LogP contribution in [0.2, 0.25) is 0 Å². The monoisotopic (exact) mass is 226 g/mol. The first kappa shape index (κ1) is 12.9. The highest BCUT2D eigenvalue weighted by molar-refractivity contribution is 6.09. The lowest BCUT2D eigenvalue weighted by molar-refractivity contribution is -0.139. The Morgan fingerprint density at radius 3 is 2.38 bits per heavy atom. The normalized spacial score (nSPS) is 19.1. The molecule has 1 N–H and O–H groups in total. The summed E-state index contributed by atoms with van der Waals surface area (Å²) in [6.07, 6.45) is 3.00. The molecule has 0 aromatic carbocycles. The Morgan fingerprint density at radius 1 is 1.38 bits per heavy atom. The van der Waals surface area contributed by atoms with Crippen molar-refractivity contribution in [2.75, 3.05) is 0 Å². The number of carbonyl (C=O) groups is 3. The van der Waals surface area contributed by atoms with E-state index >= 15 is 0 Å². The number of aliphatic carboxylic acids is 1. The van der Waals surface area contributed by atoms with Crippen LogP contribution >= 0.6 is 0 Å². The SMILES string of the molecule is CCCCC(CC(=O)O)C1C(=O)CCC1=O. The van der Waals surface area contributed by atoms with Gasteiger partial charge >= 0.3 is 5.97 Å². The summed E-state index contributed by atoms with van der Waals surface area (Å²) in [6.45, 7) is 2.01. The standard InChI is InChI=1S/C12H18O4/c1-2-3-4-8(7-11(15)16)12-9(13)5-6-10(12)14/h8,12H,2-7H2,1H3,(H,15,16). The number of hydrogen-bond acceptors (Lipinski definition) is 3. The first-order valence-electron chi connectivity index (χ1n) is 5.83.